The molecule has 2 atom stereocenters. The third kappa shape index (κ3) is 7.96. The lowest BCUT2D eigenvalue weighted by atomic mass is 10.0. The van der Waals surface area contributed by atoms with Crippen LogP contribution in [0, 0.1) is 5.92 Å². The SMILES string of the molecule is CC(C)CN(C[C@H](O)[C@H](Cc1ccc(OCCCO)cc1)NC(=O)O)S(=O)(=O)c1ccc2c(c1)OCO2. The minimum atomic E-state index is -4.04. The number of aliphatic hydroxyl groups is 2. The highest BCUT2D eigenvalue weighted by Crippen LogP contribution is 2.34. The molecule has 4 N–H and O–H groups in total. The summed E-state index contributed by atoms with van der Waals surface area (Å²) < 4.78 is 44.2. The zero-order valence-corrected chi connectivity index (χ0v) is 21.7. The van der Waals surface area contributed by atoms with Crippen molar-refractivity contribution >= 4 is 16.1 Å². The van der Waals surface area contributed by atoms with Crippen molar-refractivity contribution in [3.63, 3.8) is 0 Å². The molecule has 0 spiro atoms. The molecule has 1 amide bonds. The van der Waals surface area contributed by atoms with Crippen LogP contribution in [0.1, 0.15) is 25.8 Å². The van der Waals surface area contributed by atoms with Crippen molar-refractivity contribution < 1.29 is 42.7 Å². The second-order valence-corrected chi connectivity index (χ2v) is 11.1. The number of fused-ring (bicyclic) bond motifs is 1. The van der Waals surface area contributed by atoms with Gasteiger partial charge in [0.1, 0.15) is 5.75 Å². The fourth-order valence-electron chi connectivity index (χ4n) is 3.87. The van der Waals surface area contributed by atoms with Crippen molar-refractivity contribution in [3.8, 4) is 17.2 Å². The lowest BCUT2D eigenvalue weighted by Crippen LogP contribution is -2.50. The van der Waals surface area contributed by atoms with Crippen LogP contribution in [0.2, 0.25) is 0 Å². The van der Waals surface area contributed by atoms with Gasteiger partial charge < -0.3 is 34.8 Å². The highest BCUT2D eigenvalue weighted by atomic mass is 32.2. The molecule has 0 bridgehead atoms. The highest BCUT2D eigenvalue weighted by Gasteiger charge is 2.32. The standard InChI is InChI=1S/C25H34N2O9S/c1-17(2)14-27(37(32,33)20-8-9-23-24(13-20)36-16-35-23)15-22(29)21(26-25(30)31)12-18-4-6-19(7-5-18)34-11-3-10-28/h4-9,13,17,21-22,26,28-29H,3,10-12,14-16H2,1-2H3,(H,30,31)/t21-,22-/m0/s1. The number of carbonyl (C=O) groups is 1. The first-order chi connectivity index (χ1) is 17.6. The Balaban J connectivity index is 1.77. The Labute approximate surface area is 216 Å². The van der Waals surface area contributed by atoms with Gasteiger partial charge in [0.15, 0.2) is 11.5 Å². The van der Waals surface area contributed by atoms with E-state index < -0.39 is 28.3 Å². The maximum Gasteiger partial charge on any atom is 0.404 e. The van der Waals surface area contributed by atoms with Gasteiger partial charge in [0, 0.05) is 32.2 Å². The van der Waals surface area contributed by atoms with Crippen molar-refractivity contribution in [1.82, 2.24) is 9.62 Å². The highest BCUT2D eigenvalue weighted by molar-refractivity contribution is 7.89. The molecule has 1 heterocycles. The number of sulfonamides is 1. The minimum Gasteiger partial charge on any atom is -0.494 e. The fourth-order valence-corrected chi connectivity index (χ4v) is 5.51. The van der Waals surface area contributed by atoms with Crippen LogP contribution >= 0.6 is 0 Å². The lowest BCUT2D eigenvalue weighted by Gasteiger charge is -2.30. The summed E-state index contributed by atoms with van der Waals surface area (Å²) in [6.07, 6.45) is -2.04. The molecule has 1 aliphatic rings. The number of nitrogens with one attached hydrogen (secondary N) is 1. The second-order valence-electron chi connectivity index (χ2n) is 9.13. The van der Waals surface area contributed by atoms with Gasteiger partial charge in [-0.3, -0.25) is 0 Å². The van der Waals surface area contributed by atoms with Crippen LogP contribution in [0.5, 0.6) is 17.2 Å². The van der Waals surface area contributed by atoms with Gasteiger partial charge in [-0.25, -0.2) is 13.2 Å². The van der Waals surface area contributed by atoms with E-state index in [0.29, 0.717) is 30.3 Å². The van der Waals surface area contributed by atoms with Crippen LogP contribution in [0.3, 0.4) is 0 Å². The van der Waals surface area contributed by atoms with Gasteiger partial charge in [-0.15, -0.1) is 0 Å². The Kier molecular flexibility index (Phi) is 9.98. The molecule has 12 heteroatoms. The number of hydrogen-bond acceptors (Lipinski definition) is 8. The zero-order chi connectivity index (χ0) is 27.0. The molecule has 0 radical (unpaired) electrons. The summed E-state index contributed by atoms with van der Waals surface area (Å²) in [6, 6.07) is 10.3. The fraction of sp³-hybridized carbons (Fsp3) is 0.480. The second kappa shape index (κ2) is 13.0. The molecule has 37 heavy (non-hydrogen) atoms. The molecule has 2 aromatic rings. The van der Waals surface area contributed by atoms with Crippen LogP contribution < -0.4 is 19.5 Å². The maximum atomic E-state index is 13.5. The summed E-state index contributed by atoms with van der Waals surface area (Å²) in [5.74, 6) is 1.31. The molecular weight excluding hydrogens is 504 g/mol. The van der Waals surface area contributed by atoms with Crippen LogP contribution in [0.25, 0.3) is 0 Å². The van der Waals surface area contributed by atoms with E-state index >= 15 is 0 Å². The topological polar surface area (TPSA) is 155 Å². The van der Waals surface area contributed by atoms with Gasteiger partial charge in [0.05, 0.1) is 23.6 Å². The van der Waals surface area contributed by atoms with Gasteiger partial charge in [-0.05, 0) is 42.2 Å². The van der Waals surface area contributed by atoms with Gasteiger partial charge in [-0.2, -0.15) is 4.31 Å². The molecule has 0 aliphatic carbocycles. The van der Waals surface area contributed by atoms with E-state index in [0.717, 1.165) is 9.87 Å². The molecule has 0 fully saturated rings. The molecule has 0 saturated heterocycles. The van der Waals surface area contributed by atoms with Gasteiger partial charge >= 0.3 is 6.09 Å². The summed E-state index contributed by atoms with van der Waals surface area (Å²) in [4.78, 5) is 11.5. The van der Waals surface area contributed by atoms with Crippen molar-refractivity contribution in [1.29, 1.82) is 0 Å². The Hall–Kier alpha value is -3.06. The number of aliphatic hydroxyl groups excluding tert-OH is 2. The smallest absolute Gasteiger partial charge is 0.404 e. The van der Waals surface area contributed by atoms with Crippen molar-refractivity contribution in [2.24, 2.45) is 5.92 Å². The molecule has 1 aliphatic heterocycles. The third-order valence-corrected chi connectivity index (χ3v) is 7.49. The Morgan fingerprint density at radius 2 is 1.81 bits per heavy atom. The maximum absolute atomic E-state index is 13.5. The summed E-state index contributed by atoms with van der Waals surface area (Å²) in [5, 5.41) is 31.6. The predicted octanol–water partition coefficient (Wildman–Crippen LogP) is 2.06. The summed E-state index contributed by atoms with van der Waals surface area (Å²) in [6.45, 7) is 3.90. The van der Waals surface area contributed by atoms with Crippen molar-refractivity contribution in [2.45, 2.75) is 43.7 Å². The summed E-state index contributed by atoms with van der Waals surface area (Å²) in [5.41, 5.74) is 0.723. The van der Waals surface area contributed by atoms with Gasteiger partial charge in [-0.1, -0.05) is 26.0 Å². The molecule has 3 rings (SSSR count). The summed E-state index contributed by atoms with van der Waals surface area (Å²) in [7, 11) is -4.04. The van der Waals surface area contributed by atoms with E-state index in [-0.39, 0.29) is 43.7 Å². The molecule has 204 valence electrons. The zero-order valence-electron chi connectivity index (χ0n) is 20.9. The van der Waals surface area contributed by atoms with E-state index in [4.69, 9.17) is 19.3 Å². The molecular formula is C25H34N2O9S. The first-order valence-corrected chi connectivity index (χ1v) is 13.4. The third-order valence-electron chi connectivity index (χ3n) is 5.66. The Morgan fingerprint density at radius 1 is 1.11 bits per heavy atom. The van der Waals surface area contributed by atoms with E-state index in [2.05, 4.69) is 5.32 Å². The van der Waals surface area contributed by atoms with E-state index in [1.165, 1.54) is 18.2 Å². The summed E-state index contributed by atoms with van der Waals surface area (Å²) >= 11 is 0. The minimum absolute atomic E-state index is 0.00551. The average molecular weight is 539 g/mol. The van der Waals surface area contributed by atoms with Gasteiger partial charge in [0.2, 0.25) is 16.8 Å². The molecule has 11 nitrogen and oxygen atoms in total. The number of benzene rings is 2. The van der Waals surface area contributed by atoms with Crippen LogP contribution in [0.4, 0.5) is 4.79 Å². The first-order valence-electron chi connectivity index (χ1n) is 12.0. The lowest BCUT2D eigenvalue weighted by molar-refractivity contribution is 0.0980. The van der Waals surface area contributed by atoms with Gasteiger partial charge in [0.25, 0.3) is 0 Å². The Morgan fingerprint density at radius 3 is 2.46 bits per heavy atom. The quantitative estimate of drug-likeness (QED) is 0.265. The van der Waals surface area contributed by atoms with Crippen LogP contribution in [0.15, 0.2) is 47.4 Å². The van der Waals surface area contributed by atoms with Crippen molar-refractivity contribution in [3.05, 3.63) is 48.0 Å². The number of ether oxygens (including phenoxy) is 3. The number of nitrogens with zero attached hydrogens (tertiary/aromatic N) is 1. The monoisotopic (exact) mass is 538 g/mol. The number of amides is 1. The first kappa shape index (κ1) is 28.5. The molecule has 0 aromatic heterocycles. The average Bonchev–Trinajstić information content (AvgIpc) is 3.32. The molecule has 2 aromatic carbocycles. The number of rotatable bonds is 14. The van der Waals surface area contributed by atoms with E-state index in [9.17, 15) is 23.4 Å². The van der Waals surface area contributed by atoms with Crippen LogP contribution in [-0.4, -0.2) is 79.4 Å². The Bertz CT molecular complexity index is 1140. The molecule has 0 saturated carbocycles. The van der Waals surface area contributed by atoms with E-state index in [1.54, 1.807) is 24.3 Å². The van der Waals surface area contributed by atoms with Crippen LogP contribution in [-0.2, 0) is 16.4 Å². The van der Waals surface area contributed by atoms with Crippen molar-refractivity contribution in [2.75, 3.05) is 33.1 Å². The predicted molar refractivity (Wildman–Crippen MR) is 134 cm³/mol. The number of hydrogen-bond donors (Lipinski definition) is 4. The van der Waals surface area contributed by atoms with E-state index in [1.807, 2.05) is 13.8 Å². The largest absolute Gasteiger partial charge is 0.494 e. The number of carboxylic acid groups (broad SMARTS) is 1. The normalized spacial score (nSPS) is 14.5. The molecule has 0 unspecified atom stereocenters.